The summed E-state index contributed by atoms with van der Waals surface area (Å²) in [5, 5.41) is 24.7. The maximum Gasteiger partial charge on any atom is 0.310 e. The number of hydrogen-bond acceptors (Lipinski definition) is 9. The van der Waals surface area contributed by atoms with E-state index in [-0.39, 0.29) is 18.2 Å². The van der Waals surface area contributed by atoms with E-state index in [0.717, 1.165) is 96.7 Å². The number of methoxy groups -OCH3 is 2. The van der Waals surface area contributed by atoms with Gasteiger partial charge in [-0.25, -0.2) is 4.98 Å². The molecule has 0 unspecified atom stereocenters. The largest absolute Gasteiger partial charge is 0.481 e. The van der Waals surface area contributed by atoms with Crippen LogP contribution < -0.4 is 19.5 Å². The summed E-state index contributed by atoms with van der Waals surface area (Å²) in [6.45, 7) is 1.58. The molecule has 2 bridgehead atoms. The van der Waals surface area contributed by atoms with Gasteiger partial charge < -0.3 is 29.7 Å². The van der Waals surface area contributed by atoms with Crippen LogP contribution in [-0.4, -0.2) is 70.0 Å². The minimum atomic E-state index is -0.707. The van der Waals surface area contributed by atoms with Crippen LogP contribution in [0.4, 0.5) is 0 Å². The fourth-order valence-electron chi connectivity index (χ4n) is 9.16. The van der Waals surface area contributed by atoms with Crippen molar-refractivity contribution < 1.29 is 29.2 Å². The number of fused-ring (bicyclic) bond motifs is 4. The first-order chi connectivity index (χ1) is 26.2. The number of carboxylic acids is 1. The van der Waals surface area contributed by atoms with Gasteiger partial charge in [-0.05, 0) is 86.6 Å². The number of aromatic nitrogens is 2. The Hall–Kier alpha value is -3.93. The van der Waals surface area contributed by atoms with E-state index < -0.39 is 11.4 Å². The lowest BCUT2D eigenvalue weighted by Crippen LogP contribution is -2.56. The van der Waals surface area contributed by atoms with Crippen LogP contribution in [0, 0.1) is 5.41 Å². The van der Waals surface area contributed by atoms with E-state index in [1.54, 1.807) is 14.2 Å². The maximum absolute atomic E-state index is 12.2. The highest BCUT2D eigenvalue weighted by Crippen LogP contribution is 2.47. The molecule has 4 aromatic rings. The van der Waals surface area contributed by atoms with Crippen molar-refractivity contribution in [2.75, 3.05) is 20.8 Å². The number of halogens is 2. The molecule has 9 rings (SSSR count). The quantitative estimate of drug-likeness (QED) is 0.130. The highest BCUT2D eigenvalue weighted by molar-refractivity contribution is 6.36. The second-order valence-corrected chi connectivity index (χ2v) is 16.0. The number of aliphatic hydroxyl groups excluding tert-OH is 1. The van der Waals surface area contributed by atoms with Gasteiger partial charge in [-0.1, -0.05) is 65.7 Å². The summed E-state index contributed by atoms with van der Waals surface area (Å²) in [6, 6.07) is 18.5. The third kappa shape index (κ3) is 6.92. The van der Waals surface area contributed by atoms with E-state index in [1.165, 1.54) is 0 Å². The number of nitrogens with one attached hydrogen (secondary N) is 1. The first-order valence-corrected chi connectivity index (χ1v) is 19.7. The van der Waals surface area contributed by atoms with Crippen LogP contribution in [-0.2, 0) is 24.3 Å². The Balaban J connectivity index is 1.01. The highest BCUT2D eigenvalue weighted by atomic mass is 35.5. The number of piperidine rings is 2. The number of benzene rings is 2. The number of hydrogen-bond donors (Lipinski definition) is 3. The number of ether oxygens (including phenoxy) is 3. The number of carboxylic acid groups (broad SMARTS) is 1. The molecule has 54 heavy (non-hydrogen) atoms. The zero-order valence-electron chi connectivity index (χ0n) is 30.6. The third-order valence-corrected chi connectivity index (χ3v) is 12.8. The fourth-order valence-corrected chi connectivity index (χ4v) is 9.70. The molecule has 2 aliphatic heterocycles. The fraction of sp³-hybridized carbons (Fsp3) is 0.452. The lowest BCUT2D eigenvalue weighted by Gasteiger charge is -2.50. The molecule has 2 saturated heterocycles. The smallest absolute Gasteiger partial charge is 0.310 e. The Morgan fingerprint density at radius 3 is 2.39 bits per heavy atom. The summed E-state index contributed by atoms with van der Waals surface area (Å²) >= 11 is 14.0. The minimum Gasteiger partial charge on any atom is -0.481 e. The monoisotopic (exact) mass is 772 g/mol. The molecule has 2 saturated carbocycles. The molecular weight excluding hydrogens is 727 g/mol. The average molecular weight is 774 g/mol. The molecule has 0 radical (unpaired) electrons. The minimum absolute atomic E-state index is 0.0794. The summed E-state index contributed by atoms with van der Waals surface area (Å²) in [4.78, 5) is 24.0. The van der Waals surface area contributed by atoms with Crippen molar-refractivity contribution in [2.45, 2.75) is 95.2 Å². The van der Waals surface area contributed by atoms with Gasteiger partial charge in [0.1, 0.15) is 11.1 Å². The van der Waals surface area contributed by atoms with Crippen molar-refractivity contribution in [3.63, 3.8) is 0 Å². The standard InChI is InChI=1S/C42H46Cl2N4O6/c1-52-38-24(21-45-34-10-5-11-35(34)49)12-14-33(46-38)31-9-4-8-30(37(31)44)27-6-3-7-29-28(27)13-15-36(29)54-40-32(43)20-25(39(47-40)53-2)22-48-23-42(41(50)51)18-16-26(48)17-19-42/h3-4,6-9,12,14,20,26,34-36,45,49H,5,10-11,13,15-19,21-23H2,1-2H3,(H,50,51)/t26?,34-,35+,36+,42?/m1/s1. The Morgan fingerprint density at radius 2 is 1.65 bits per heavy atom. The number of pyridine rings is 2. The second-order valence-electron chi connectivity index (χ2n) is 15.2. The summed E-state index contributed by atoms with van der Waals surface area (Å²) in [5.74, 6) is 0.552. The van der Waals surface area contributed by atoms with Crippen molar-refractivity contribution in [3.05, 3.63) is 86.9 Å². The van der Waals surface area contributed by atoms with Gasteiger partial charge in [0.2, 0.25) is 17.6 Å². The van der Waals surface area contributed by atoms with Crippen LogP contribution in [0.1, 0.15) is 79.7 Å². The van der Waals surface area contributed by atoms with Gasteiger partial charge in [0.25, 0.3) is 0 Å². The molecular formula is C42H46Cl2N4O6. The number of rotatable bonds is 12. The molecule has 3 atom stereocenters. The van der Waals surface area contributed by atoms with Gasteiger partial charge in [-0.3, -0.25) is 9.69 Å². The Morgan fingerprint density at radius 1 is 0.907 bits per heavy atom. The summed E-state index contributed by atoms with van der Waals surface area (Å²) in [5.41, 5.74) is 6.73. The molecule has 3 N–H and O–H groups in total. The molecule has 2 aromatic carbocycles. The number of nitrogens with zero attached hydrogens (tertiary/aromatic N) is 3. The van der Waals surface area contributed by atoms with Crippen molar-refractivity contribution in [1.29, 1.82) is 0 Å². The molecule has 4 fully saturated rings. The molecule has 10 nitrogen and oxygen atoms in total. The Kier molecular flexibility index (Phi) is 10.5. The Bertz CT molecular complexity index is 2050. The number of carbonyl (C=O) groups is 1. The van der Waals surface area contributed by atoms with Gasteiger partial charge in [-0.15, -0.1) is 0 Å². The van der Waals surface area contributed by atoms with Crippen LogP contribution in [0.25, 0.3) is 22.4 Å². The summed E-state index contributed by atoms with van der Waals surface area (Å²) < 4.78 is 18.0. The summed E-state index contributed by atoms with van der Waals surface area (Å²) in [7, 11) is 3.20. The maximum atomic E-state index is 12.2. The van der Waals surface area contributed by atoms with Crippen LogP contribution in [0.3, 0.4) is 0 Å². The van der Waals surface area contributed by atoms with E-state index in [1.807, 2.05) is 42.5 Å². The average Bonchev–Trinajstić information content (AvgIpc) is 3.80. The van der Waals surface area contributed by atoms with Crippen molar-refractivity contribution in [1.82, 2.24) is 20.2 Å². The van der Waals surface area contributed by atoms with E-state index in [0.29, 0.717) is 59.1 Å². The van der Waals surface area contributed by atoms with Crippen LogP contribution >= 0.6 is 23.2 Å². The van der Waals surface area contributed by atoms with E-state index >= 15 is 0 Å². The SMILES string of the molecule is COc1nc(-c2cccc(-c3cccc4c3CC[C@@H]4Oc3nc(OC)c(CN4CC5(C(=O)O)CCC4CC5)cc3Cl)c2Cl)ccc1CN[C@@H]1CCC[C@@H]1O. The van der Waals surface area contributed by atoms with Gasteiger partial charge >= 0.3 is 5.97 Å². The lowest BCUT2D eigenvalue weighted by molar-refractivity contribution is -0.159. The third-order valence-electron chi connectivity index (χ3n) is 12.1. The van der Waals surface area contributed by atoms with Gasteiger partial charge in [0, 0.05) is 54.0 Å². The number of aliphatic carboxylic acids is 1. The first kappa shape index (κ1) is 37.0. The first-order valence-electron chi connectivity index (χ1n) is 18.9. The zero-order chi connectivity index (χ0) is 37.6. The van der Waals surface area contributed by atoms with Crippen LogP contribution in [0.2, 0.25) is 10.0 Å². The zero-order valence-corrected chi connectivity index (χ0v) is 32.1. The van der Waals surface area contributed by atoms with Gasteiger partial charge in [0.15, 0.2) is 0 Å². The molecule has 0 amide bonds. The predicted octanol–water partition coefficient (Wildman–Crippen LogP) is 8.03. The van der Waals surface area contributed by atoms with Crippen molar-refractivity contribution in [2.24, 2.45) is 5.41 Å². The molecule has 284 valence electrons. The van der Waals surface area contributed by atoms with Crippen molar-refractivity contribution >= 4 is 29.2 Å². The highest BCUT2D eigenvalue weighted by Gasteiger charge is 2.49. The molecule has 12 heteroatoms. The number of aliphatic hydroxyl groups is 1. The molecule has 2 aromatic heterocycles. The molecule has 0 spiro atoms. The molecule has 4 heterocycles. The van der Waals surface area contributed by atoms with Crippen LogP contribution in [0.5, 0.6) is 17.6 Å². The van der Waals surface area contributed by atoms with Gasteiger partial charge in [-0.2, -0.15) is 4.98 Å². The predicted molar refractivity (Wildman–Crippen MR) is 207 cm³/mol. The second kappa shape index (κ2) is 15.3. The van der Waals surface area contributed by atoms with E-state index in [4.69, 9.17) is 47.4 Å². The van der Waals surface area contributed by atoms with Crippen LogP contribution in [0.15, 0.2) is 54.6 Å². The molecule has 5 aliphatic rings. The lowest BCUT2D eigenvalue weighted by atomic mass is 9.67. The van der Waals surface area contributed by atoms with E-state index in [2.05, 4.69) is 22.3 Å². The molecule has 3 aliphatic carbocycles. The summed E-state index contributed by atoms with van der Waals surface area (Å²) in [6.07, 6.45) is 6.94. The Labute approximate surface area is 325 Å². The topological polar surface area (TPSA) is 126 Å². The van der Waals surface area contributed by atoms with Crippen molar-refractivity contribution in [3.8, 4) is 40.0 Å². The van der Waals surface area contributed by atoms with E-state index in [9.17, 15) is 15.0 Å². The van der Waals surface area contributed by atoms with Gasteiger partial charge in [0.05, 0.1) is 36.5 Å². The normalized spacial score (nSPS) is 24.8.